The predicted molar refractivity (Wildman–Crippen MR) is 52.9 cm³/mol. The van der Waals surface area contributed by atoms with Gasteiger partial charge in [0.05, 0.1) is 5.69 Å². The standard InChI is InChI=1S/C9H7BrFNO/c1-2-9(13)12-8-4-3-6(10)5-7(8)11/h2-5H,1H2,(H,12,13). The summed E-state index contributed by atoms with van der Waals surface area (Å²) in [6.45, 7) is 3.26. The molecule has 0 bridgehead atoms. The third-order valence-electron chi connectivity index (χ3n) is 1.37. The normalized spacial score (nSPS) is 9.38. The van der Waals surface area contributed by atoms with Crippen LogP contribution in [0.4, 0.5) is 10.1 Å². The third kappa shape index (κ3) is 2.66. The molecule has 0 aliphatic rings. The van der Waals surface area contributed by atoms with Crippen LogP contribution in [0.5, 0.6) is 0 Å². The van der Waals surface area contributed by atoms with Crippen LogP contribution in [0.1, 0.15) is 0 Å². The van der Waals surface area contributed by atoms with Gasteiger partial charge in [0.2, 0.25) is 5.91 Å². The molecule has 1 rings (SSSR count). The van der Waals surface area contributed by atoms with Crippen LogP contribution in [0.2, 0.25) is 0 Å². The number of carbonyl (C=O) groups is 1. The molecule has 0 aromatic heterocycles. The Morgan fingerprint density at radius 1 is 1.62 bits per heavy atom. The first-order valence-electron chi connectivity index (χ1n) is 3.52. The van der Waals surface area contributed by atoms with Gasteiger partial charge in [-0.05, 0) is 24.3 Å². The summed E-state index contributed by atoms with van der Waals surface area (Å²) in [6, 6.07) is 4.39. The molecule has 1 aromatic rings. The number of hydrogen-bond donors (Lipinski definition) is 1. The van der Waals surface area contributed by atoms with E-state index in [0.717, 1.165) is 6.08 Å². The minimum atomic E-state index is -0.482. The highest BCUT2D eigenvalue weighted by atomic mass is 79.9. The Morgan fingerprint density at radius 2 is 2.31 bits per heavy atom. The van der Waals surface area contributed by atoms with Gasteiger partial charge in [0.15, 0.2) is 0 Å². The number of amides is 1. The molecule has 0 aliphatic heterocycles. The van der Waals surface area contributed by atoms with Crippen molar-refractivity contribution in [2.24, 2.45) is 0 Å². The van der Waals surface area contributed by atoms with E-state index < -0.39 is 11.7 Å². The van der Waals surface area contributed by atoms with Gasteiger partial charge in [-0.3, -0.25) is 4.79 Å². The van der Waals surface area contributed by atoms with Crippen LogP contribution in [0, 0.1) is 5.82 Å². The van der Waals surface area contributed by atoms with E-state index in [1.807, 2.05) is 0 Å². The SMILES string of the molecule is C=CC(=O)Nc1ccc(Br)cc1F. The molecule has 2 nitrogen and oxygen atoms in total. The van der Waals surface area contributed by atoms with E-state index in [4.69, 9.17) is 0 Å². The molecule has 0 spiro atoms. The summed E-state index contributed by atoms with van der Waals surface area (Å²) in [7, 11) is 0. The van der Waals surface area contributed by atoms with Crippen molar-refractivity contribution in [3.05, 3.63) is 41.1 Å². The van der Waals surface area contributed by atoms with Crippen molar-refractivity contribution in [2.45, 2.75) is 0 Å². The van der Waals surface area contributed by atoms with Gasteiger partial charge >= 0.3 is 0 Å². The summed E-state index contributed by atoms with van der Waals surface area (Å²) in [5.74, 6) is -0.911. The molecule has 0 atom stereocenters. The molecule has 1 aromatic carbocycles. The monoisotopic (exact) mass is 243 g/mol. The summed E-state index contributed by atoms with van der Waals surface area (Å²) in [4.78, 5) is 10.8. The summed E-state index contributed by atoms with van der Waals surface area (Å²) < 4.78 is 13.7. The van der Waals surface area contributed by atoms with Gasteiger partial charge in [-0.15, -0.1) is 0 Å². The minimum absolute atomic E-state index is 0.146. The fourth-order valence-corrected chi connectivity index (χ4v) is 1.11. The lowest BCUT2D eigenvalue weighted by molar-refractivity contribution is -0.111. The lowest BCUT2D eigenvalue weighted by Crippen LogP contribution is -2.08. The van der Waals surface area contributed by atoms with Crippen LogP contribution in [0.25, 0.3) is 0 Å². The number of anilines is 1. The van der Waals surface area contributed by atoms with E-state index in [1.54, 1.807) is 6.07 Å². The number of carbonyl (C=O) groups excluding carboxylic acids is 1. The molecular weight excluding hydrogens is 237 g/mol. The lowest BCUT2D eigenvalue weighted by Gasteiger charge is -2.03. The number of hydrogen-bond acceptors (Lipinski definition) is 1. The fourth-order valence-electron chi connectivity index (χ4n) is 0.775. The Kier molecular flexibility index (Phi) is 3.19. The van der Waals surface area contributed by atoms with E-state index in [1.165, 1.54) is 12.1 Å². The molecule has 4 heteroatoms. The van der Waals surface area contributed by atoms with Crippen molar-refractivity contribution in [2.75, 3.05) is 5.32 Å². The van der Waals surface area contributed by atoms with E-state index in [-0.39, 0.29) is 5.69 Å². The highest BCUT2D eigenvalue weighted by Crippen LogP contribution is 2.19. The van der Waals surface area contributed by atoms with Crippen molar-refractivity contribution in [3.8, 4) is 0 Å². The predicted octanol–water partition coefficient (Wildman–Crippen LogP) is 2.71. The van der Waals surface area contributed by atoms with Gasteiger partial charge in [0, 0.05) is 4.47 Å². The van der Waals surface area contributed by atoms with Gasteiger partial charge < -0.3 is 5.32 Å². The van der Waals surface area contributed by atoms with Crippen LogP contribution in [-0.4, -0.2) is 5.91 Å². The fraction of sp³-hybridized carbons (Fsp3) is 0. The Balaban J connectivity index is 2.89. The average molecular weight is 244 g/mol. The van der Waals surface area contributed by atoms with Crippen LogP contribution < -0.4 is 5.32 Å². The smallest absolute Gasteiger partial charge is 0.247 e. The molecule has 0 heterocycles. The average Bonchev–Trinajstić information content (AvgIpc) is 2.09. The van der Waals surface area contributed by atoms with E-state index in [9.17, 15) is 9.18 Å². The number of rotatable bonds is 2. The first kappa shape index (κ1) is 9.92. The summed E-state index contributed by atoms with van der Waals surface area (Å²) in [6.07, 6.45) is 1.08. The molecule has 0 saturated carbocycles. The lowest BCUT2D eigenvalue weighted by atomic mass is 10.3. The number of halogens is 2. The Hall–Kier alpha value is -1.16. The topological polar surface area (TPSA) is 29.1 Å². The molecule has 1 N–H and O–H groups in total. The molecule has 0 aliphatic carbocycles. The Morgan fingerprint density at radius 3 is 2.85 bits per heavy atom. The zero-order valence-electron chi connectivity index (χ0n) is 6.68. The van der Waals surface area contributed by atoms with Crippen molar-refractivity contribution >= 4 is 27.5 Å². The van der Waals surface area contributed by atoms with Crippen LogP contribution in [0.3, 0.4) is 0 Å². The van der Waals surface area contributed by atoms with Crippen LogP contribution in [0.15, 0.2) is 35.3 Å². The molecular formula is C9H7BrFNO. The maximum atomic E-state index is 13.1. The van der Waals surface area contributed by atoms with Crippen LogP contribution in [-0.2, 0) is 4.79 Å². The van der Waals surface area contributed by atoms with E-state index in [2.05, 4.69) is 27.8 Å². The summed E-state index contributed by atoms with van der Waals surface area (Å²) >= 11 is 3.11. The van der Waals surface area contributed by atoms with Crippen LogP contribution >= 0.6 is 15.9 Å². The molecule has 1 amide bonds. The molecule has 13 heavy (non-hydrogen) atoms. The second-order valence-electron chi connectivity index (χ2n) is 2.32. The molecule has 0 fully saturated rings. The van der Waals surface area contributed by atoms with Gasteiger partial charge in [0.1, 0.15) is 5.82 Å². The third-order valence-corrected chi connectivity index (χ3v) is 1.87. The van der Waals surface area contributed by atoms with Gasteiger partial charge in [-0.1, -0.05) is 22.5 Å². The first-order valence-corrected chi connectivity index (χ1v) is 4.31. The van der Waals surface area contributed by atoms with Gasteiger partial charge in [-0.25, -0.2) is 4.39 Å². The molecule has 0 unspecified atom stereocenters. The number of benzene rings is 1. The molecule has 0 radical (unpaired) electrons. The quantitative estimate of drug-likeness (QED) is 0.796. The maximum absolute atomic E-state index is 13.1. The van der Waals surface area contributed by atoms with Crippen molar-refractivity contribution in [1.82, 2.24) is 0 Å². The minimum Gasteiger partial charge on any atom is -0.320 e. The van der Waals surface area contributed by atoms with Crippen molar-refractivity contribution < 1.29 is 9.18 Å². The van der Waals surface area contributed by atoms with Crippen molar-refractivity contribution in [3.63, 3.8) is 0 Å². The second-order valence-corrected chi connectivity index (χ2v) is 3.23. The van der Waals surface area contributed by atoms with Gasteiger partial charge in [-0.2, -0.15) is 0 Å². The largest absolute Gasteiger partial charge is 0.320 e. The summed E-state index contributed by atoms with van der Waals surface area (Å²) in [5.41, 5.74) is 0.146. The highest BCUT2D eigenvalue weighted by Gasteiger charge is 2.03. The van der Waals surface area contributed by atoms with Gasteiger partial charge in [0.25, 0.3) is 0 Å². The Bertz CT molecular complexity index is 351. The Labute approximate surface area is 83.6 Å². The molecule has 0 saturated heterocycles. The second kappa shape index (κ2) is 4.18. The van der Waals surface area contributed by atoms with E-state index >= 15 is 0 Å². The zero-order valence-corrected chi connectivity index (χ0v) is 8.27. The molecule has 68 valence electrons. The van der Waals surface area contributed by atoms with E-state index in [0.29, 0.717) is 4.47 Å². The first-order chi connectivity index (χ1) is 6.13. The number of nitrogens with one attached hydrogen (secondary N) is 1. The zero-order chi connectivity index (χ0) is 9.84. The maximum Gasteiger partial charge on any atom is 0.247 e. The van der Waals surface area contributed by atoms with Crippen molar-refractivity contribution in [1.29, 1.82) is 0 Å². The summed E-state index contributed by atoms with van der Waals surface area (Å²) in [5, 5.41) is 2.33. The highest BCUT2D eigenvalue weighted by molar-refractivity contribution is 9.10.